The lowest BCUT2D eigenvalue weighted by Crippen LogP contribution is -2.42. The summed E-state index contributed by atoms with van der Waals surface area (Å²) in [6.07, 6.45) is 2.42. The molecule has 1 aliphatic rings. The lowest BCUT2D eigenvalue weighted by Gasteiger charge is -2.36. The molecule has 1 fully saturated rings. The predicted molar refractivity (Wildman–Crippen MR) is 52.7 cm³/mol. The van der Waals surface area contributed by atoms with Crippen LogP contribution in [0.4, 0.5) is 0 Å². The topological polar surface area (TPSA) is 21.7 Å². The second-order valence-electron chi connectivity index (χ2n) is 3.92. The Balaban J connectivity index is 2.42. The summed E-state index contributed by atoms with van der Waals surface area (Å²) in [7, 11) is 4.23. The van der Waals surface area contributed by atoms with Crippen molar-refractivity contribution in [3.8, 4) is 0 Å². The highest BCUT2D eigenvalue weighted by Crippen LogP contribution is 2.22. The van der Waals surface area contributed by atoms with E-state index >= 15 is 0 Å². The van der Waals surface area contributed by atoms with Gasteiger partial charge in [-0.25, -0.2) is 0 Å². The van der Waals surface area contributed by atoms with Crippen molar-refractivity contribution in [1.29, 1.82) is 0 Å². The van der Waals surface area contributed by atoms with Gasteiger partial charge < -0.3 is 14.4 Å². The average Bonchev–Trinajstić information content (AvgIpc) is 2.03. The summed E-state index contributed by atoms with van der Waals surface area (Å²) in [6, 6.07) is 0.597. The van der Waals surface area contributed by atoms with Crippen molar-refractivity contribution in [1.82, 2.24) is 4.90 Å². The van der Waals surface area contributed by atoms with Gasteiger partial charge >= 0.3 is 0 Å². The maximum Gasteiger partial charge on any atom is 0.159 e. The summed E-state index contributed by atoms with van der Waals surface area (Å²) in [5.41, 5.74) is 0. The molecule has 78 valence electrons. The molecule has 1 aliphatic heterocycles. The first kappa shape index (κ1) is 11.0. The molecule has 3 atom stereocenters. The zero-order chi connectivity index (χ0) is 9.84. The summed E-state index contributed by atoms with van der Waals surface area (Å²) < 4.78 is 11.1. The fraction of sp³-hybridized carbons (Fsp3) is 1.00. The van der Waals surface area contributed by atoms with Gasteiger partial charge in [-0.15, -0.1) is 0 Å². The van der Waals surface area contributed by atoms with Crippen LogP contribution in [0.2, 0.25) is 0 Å². The van der Waals surface area contributed by atoms with Gasteiger partial charge in [0.15, 0.2) is 6.29 Å². The van der Waals surface area contributed by atoms with Gasteiger partial charge in [0.1, 0.15) is 0 Å². The van der Waals surface area contributed by atoms with Gasteiger partial charge in [-0.2, -0.15) is 0 Å². The molecule has 0 amide bonds. The van der Waals surface area contributed by atoms with Crippen LogP contribution in [0, 0.1) is 0 Å². The molecule has 0 radical (unpaired) electrons. The fourth-order valence-corrected chi connectivity index (χ4v) is 1.79. The van der Waals surface area contributed by atoms with Crippen LogP contribution in [0.5, 0.6) is 0 Å². The zero-order valence-electron chi connectivity index (χ0n) is 9.12. The molecule has 0 aromatic carbocycles. The van der Waals surface area contributed by atoms with Crippen molar-refractivity contribution in [3.63, 3.8) is 0 Å². The summed E-state index contributed by atoms with van der Waals surface area (Å²) in [4.78, 5) is 2.26. The SMILES string of the molecule is CCOC1CC(N(C)C)CC(C)O1. The minimum Gasteiger partial charge on any atom is -0.353 e. The smallest absolute Gasteiger partial charge is 0.159 e. The van der Waals surface area contributed by atoms with Gasteiger partial charge in [0.05, 0.1) is 6.10 Å². The lowest BCUT2D eigenvalue weighted by molar-refractivity contribution is -0.199. The van der Waals surface area contributed by atoms with Crippen LogP contribution in [-0.4, -0.2) is 44.0 Å². The van der Waals surface area contributed by atoms with Crippen molar-refractivity contribution in [2.24, 2.45) is 0 Å². The lowest BCUT2D eigenvalue weighted by atomic mass is 10.0. The number of nitrogens with zero attached hydrogens (tertiary/aromatic N) is 1. The third-order valence-electron chi connectivity index (χ3n) is 2.54. The first-order chi connectivity index (χ1) is 6.13. The van der Waals surface area contributed by atoms with E-state index in [1.54, 1.807) is 0 Å². The van der Waals surface area contributed by atoms with Crippen molar-refractivity contribution in [2.75, 3.05) is 20.7 Å². The Bertz CT molecular complexity index is 150. The number of ether oxygens (including phenoxy) is 2. The van der Waals surface area contributed by atoms with E-state index < -0.39 is 0 Å². The third-order valence-corrected chi connectivity index (χ3v) is 2.54. The van der Waals surface area contributed by atoms with Crippen LogP contribution in [0.15, 0.2) is 0 Å². The molecule has 0 aliphatic carbocycles. The molecule has 0 N–H and O–H groups in total. The maximum atomic E-state index is 5.66. The van der Waals surface area contributed by atoms with Crippen LogP contribution in [0.25, 0.3) is 0 Å². The molecular formula is C10H21NO2. The van der Waals surface area contributed by atoms with Crippen LogP contribution in [0.3, 0.4) is 0 Å². The average molecular weight is 187 g/mol. The standard InChI is InChI=1S/C10H21NO2/c1-5-12-10-7-9(11(3)4)6-8(2)13-10/h8-10H,5-7H2,1-4H3. The summed E-state index contributed by atoms with van der Waals surface area (Å²) in [5, 5.41) is 0. The van der Waals surface area contributed by atoms with E-state index in [0.29, 0.717) is 12.1 Å². The molecule has 3 nitrogen and oxygen atoms in total. The molecule has 0 aromatic rings. The number of hydrogen-bond donors (Lipinski definition) is 0. The van der Waals surface area contributed by atoms with Crippen LogP contribution in [-0.2, 0) is 9.47 Å². The van der Waals surface area contributed by atoms with E-state index in [1.165, 1.54) is 0 Å². The summed E-state index contributed by atoms with van der Waals surface area (Å²) in [5.74, 6) is 0. The molecular weight excluding hydrogens is 166 g/mol. The van der Waals surface area contributed by atoms with E-state index in [-0.39, 0.29) is 6.29 Å². The molecule has 3 heteroatoms. The van der Waals surface area contributed by atoms with Crippen LogP contribution >= 0.6 is 0 Å². The highest BCUT2D eigenvalue weighted by molar-refractivity contribution is 4.76. The fourth-order valence-electron chi connectivity index (χ4n) is 1.79. The summed E-state index contributed by atoms with van der Waals surface area (Å²) >= 11 is 0. The van der Waals surface area contributed by atoms with Crippen molar-refractivity contribution < 1.29 is 9.47 Å². The first-order valence-corrected chi connectivity index (χ1v) is 5.07. The molecule has 1 heterocycles. The summed E-state index contributed by atoms with van der Waals surface area (Å²) in [6.45, 7) is 4.85. The molecule has 0 bridgehead atoms. The molecule has 1 rings (SSSR count). The van der Waals surface area contributed by atoms with Crippen molar-refractivity contribution in [3.05, 3.63) is 0 Å². The van der Waals surface area contributed by atoms with Gasteiger partial charge in [-0.3, -0.25) is 0 Å². The Morgan fingerprint density at radius 1 is 1.38 bits per heavy atom. The first-order valence-electron chi connectivity index (χ1n) is 5.07. The van der Waals surface area contributed by atoms with E-state index in [1.807, 2.05) is 6.92 Å². The van der Waals surface area contributed by atoms with Gasteiger partial charge in [-0.1, -0.05) is 0 Å². The molecule has 0 spiro atoms. The largest absolute Gasteiger partial charge is 0.353 e. The minimum absolute atomic E-state index is 0.00106. The quantitative estimate of drug-likeness (QED) is 0.668. The van der Waals surface area contributed by atoms with Gasteiger partial charge in [0, 0.05) is 19.1 Å². The van der Waals surface area contributed by atoms with Crippen LogP contribution in [0.1, 0.15) is 26.7 Å². The van der Waals surface area contributed by atoms with Gasteiger partial charge in [0.2, 0.25) is 0 Å². The monoisotopic (exact) mass is 187 g/mol. The van der Waals surface area contributed by atoms with Crippen LogP contribution < -0.4 is 0 Å². The number of rotatable bonds is 3. The Morgan fingerprint density at radius 3 is 2.62 bits per heavy atom. The Kier molecular flexibility index (Phi) is 4.16. The number of hydrogen-bond acceptors (Lipinski definition) is 3. The van der Waals surface area contributed by atoms with E-state index in [9.17, 15) is 0 Å². The Morgan fingerprint density at radius 2 is 2.08 bits per heavy atom. The molecule has 3 unspecified atom stereocenters. The molecule has 0 aromatic heterocycles. The van der Waals surface area contributed by atoms with Gasteiger partial charge in [0.25, 0.3) is 0 Å². The zero-order valence-corrected chi connectivity index (χ0v) is 9.12. The molecule has 1 saturated heterocycles. The second kappa shape index (κ2) is 4.94. The second-order valence-corrected chi connectivity index (χ2v) is 3.92. The predicted octanol–water partition coefficient (Wildman–Crippen LogP) is 1.48. The molecule has 13 heavy (non-hydrogen) atoms. The highest BCUT2D eigenvalue weighted by Gasteiger charge is 2.28. The van der Waals surface area contributed by atoms with E-state index in [4.69, 9.17) is 9.47 Å². The van der Waals surface area contributed by atoms with E-state index in [2.05, 4.69) is 25.9 Å². The van der Waals surface area contributed by atoms with E-state index in [0.717, 1.165) is 19.4 Å². The van der Waals surface area contributed by atoms with Crippen molar-refractivity contribution >= 4 is 0 Å². The minimum atomic E-state index is 0.00106. The molecule has 0 saturated carbocycles. The van der Waals surface area contributed by atoms with Crippen molar-refractivity contribution in [2.45, 2.75) is 45.1 Å². The highest BCUT2D eigenvalue weighted by atomic mass is 16.7. The Hall–Kier alpha value is -0.120. The normalized spacial score (nSPS) is 35.3. The third kappa shape index (κ3) is 3.25. The van der Waals surface area contributed by atoms with Gasteiger partial charge in [-0.05, 0) is 34.4 Å². The maximum absolute atomic E-state index is 5.66. The Labute approximate surface area is 81.0 Å².